The molecule has 0 radical (unpaired) electrons. The number of nitrogens with one attached hydrogen (secondary N) is 1. The molecule has 0 saturated heterocycles. The van der Waals surface area contributed by atoms with E-state index in [1.54, 1.807) is 0 Å². The largest absolute Gasteiger partial charge is 0.395 e. The summed E-state index contributed by atoms with van der Waals surface area (Å²) in [6.45, 7) is -0.341. The van der Waals surface area contributed by atoms with Crippen molar-refractivity contribution in [2.75, 3.05) is 20.3 Å². The van der Waals surface area contributed by atoms with E-state index in [9.17, 15) is 8.42 Å². The number of halogens is 2. The molecule has 0 aromatic carbocycles. The van der Waals surface area contributed by atoms with Gasteiger partial charge in [0.25, 0.3) is 0 Å². The Morgan fingerprint density at radius 2 is 2.22 bits per heavy atom. The molecule has 0 aliphatic rings. The third-order valence-electron chi connectivity index (χ3n) is 1.99. The molecule has 0 saturated carbocycles. The zero-order chi connectivity index (χ0) is 13.8. The predicted octanol–water partition coefficient (Wildman–Crippen LogP) is 0.674. The van der Waals surface area contributed by atoms with Crippen molar-refractivity contribution in [2.45, 2.75) is 10.9 Å². The zero-order valence-corrected chi connectivity index (χ0v) is 11.8. The van der Waals surface area contributed by atoms with E-state index in [2.05, 4.69) is 9.71 Å². The molecule has 1 aromatic rings. The number of aromatic nitrogens is 1. The van der Waals surface area contributed by atoms with Crippen molar-refractivity contribution in [3.05, 3.63) is 22.4 Å². The number of sulfonamides is 1. The van der Waals surface area contributed by atoms with Crippen molar-refractivity contribution in [3.63, 3.8) is 0 Å². The third kappa shape index (κ3) is 4.04. The van der Waals surface area contributed by atoms with Gasteiger partial charge in [-0.3, -0.25) is 0 Å². The maximum absolute atomic E-state index is 11.9. The van der Waals surface area contributed by atoms with Gasteiger partial charge in [0, 0.05) is 13.3 Å². The first-order valence-corrected chi connectivity index (χ1v) is 7.07. The maximum atomic E-state index is 11.9. The molecule has 1 aromatic heterocycles. The minimum atomic E-state index is -3.83. The number of hydrogen-bond donors (Lipinski definition) is 2. The summed E-state index contributed by atoms with van der Waals surface area (Å²) in [5, 5.41) is 9.05. The summed E-state index contributed by atoms with van der Waals surface area (Å²) >= 11 is 11.3. The Morgan fingerprint density at radius 1 is 1.56 bits per heavy atom. The molecule has 0 spiro atoms. The van der Waals surface area contributed by atoms with E-state index in [1.165, 1.54) is 13.2 Å². The van der Waals surface area contributed by atoms with E-state index >= 15 is 0 Å². The van der Waals surface area contributed by atoms with Crippen LogP contribution in [0, 0.1) is 0 Å². The van der Waals surface area contributed by atoms with Crippen LogP contribution in [0.4, 0.5) is 0 Å². The highest BCUT2D eigenvalue weighted by Crippen LogP contribution is 2.22. The van der Waals surface area contributed by atoms with Crippen LogP contribution in [0.25, 0.3) is 0 Å². The highest BCUT2D eigenvalue weighted by Gasteiger charge is 2.20. The minimum Gasteiger partial charge on any atom is -0.395 e. The zero-order valence-electron chi connectivity index (χ0n) is 9.43. The number of methoxy groups -OCH3 is 1. The standard InChI is InChI=1S/C9H12Cl2N2O4S/c1-17-5-6(4-14)13-18(15,16)7-2-8(10)9(11)12-3-7/h2-3,6,13-14H,4-5H2,1H3. The first-order chi connectivity index (χ1) is 8.40. The molecule has 0 amide bonds. The Morgan fingerprint density at radius 3 is 2.72 bits per heavy atom. The smallest absolute Gasteiger partial charge is 0.242 e. The van der Waals surface area contributed by atoms with Crippen LogP contribution < -0.4 is 4.72 Å². The second kappa shape index (κ2) is 6.65. The number of nitrogens with zero attached hydrogens (tertiary/aromatic N) is 1. The normalized spacial score (nSPS) is 13.6. The lowest BCUT2D eigenvalue weighted by Crippen LogP contribution is -2.40. The molecule has 1 rings (SSSR count). The topological polar surface area (TPSA) is 88.5 Å². The molecule has 0 fully saturated rings. The second-order valence-electron chi connectivity index (χ2n) is 3.40. The van der Waals surface area contributed by atoms with Crippen LogP contribution in [0.15, 0.2) is 17.2 Å². The molecule has 9 heteroatoms. The SMILES string of the molecule is COCC(CO)NS(=O)(=O)c1cnc(Cl)c(Cl)c1. The van der Waals surface area contributed by atoms with E-state index in [-0.39, 0.29) is 28.3 Å². The van der Waals surface area contributed by atoms with E-state index < -0.39 is 16.1 Å². The van der Waals surface area contributed by atoms with Crippen LogP contribution in [0.3, 0.4) is 0 Å². The van der Waals surface area contributed by atoms with E-state index in [0.29, 0.717) is 0 Å². The van der Waals surface area contributed by atoms with Crippen molar-refractivity contribution in [1.29, 1.82) is 0 Å². The lowest BCUT2D eigenvalue weighted by Gasteiger charge is -2.15. The monoisotopic (exact) mass is 314 g/mol. The molecule has 0 aliphatic heterocycles. The van der Waals surface area contributed by atoms with Gasteiger partial charge in [-0.05, 0) is 6.07 Å². The van der Waals surface area contributed by atoms with Crippen LogP contribution in [0.1, 0.15) is 0 Å². The van der Waals surface area contributed by atoms with Gasteiger partial charge in [0.05, 0.1) is 24.3 Å². The molecule has 18 heavy (non-hydrogen) atoms. The fourth-order valence-electron chi connectivity index (χ4n) is 1.16. The summed E-state index contributed by atoms with van der Waals surface area (Å²) in [6.07, 6.45) is 1.08. The Bertz CT molecular complexity index is 509. The second-order valence-corrected chi connectivity index (χ2v) is 5.88. The first-order valence-electron chi connectivity index (χ1n) is 4.84. The van der Waals surface area contributed by atoms with Crippen molar-refractivity contribution >= 4 is 33.2 Å². The molecule has 102 valence electrons. The summed E-state index contributed by atoms with van der Waals surface area (Å²) < 4.78 is 30.9. The summed E-state index contributed by atoms with van der Waals surface area (Å²) in [7, 11) is -2.43. The van der Waals surface area contributed by atoms with Gasteiger partial charge in [-0.1, -0.05) is 23.2 Å². The number of rotatable bonds is 6. The van der Waals surface area contributed by atoms with E-state index in [0.717, 1.165) is 6.20 Å². The maximum Gasteiger partial charge on any atom is 0.242 e. The Kier molecular flexibility index (Phi) is 5.77. The average molecular weight is 315 g/mol. The van der Waals surface area contributed by atoms with Crippen molar-refractivity contribution in [2.24, 2.45) is 0 Å². The van der Waals surface area contributed by atoms with Crippen molar-refractivity contribution < 1.29 is 18.3 Å². The van der Waals surface area contributed by atoms with Crippen molar-refractivity contribution in [3.8, 4) is 0 Å². The van der Waals surface area contributed by atoms with Crippen LogP contribution in [-0.2, 0) is 14.8 Å². The highest BCUT2D eigenvalue weighted by atomic mass is 35.5. The van der Waals surface area contributed by atoms with Gasteiger partial charge >= 0.3 is 0 Å². The van der Waals surface area contributed by atoms with Crippen LogP contribution >= 0.6 is 23.2 Å². The molecule has 1 atom stereocenters. The predicted molar refractivity (Wildman–Crippen MR) is 67.3 cm³/mol. The fraction of sp³-hybridized carbons (Fsp3) is 0.444. The Balaban J connectivity index is 2.95. The minimum absolute atomic E-state index is 0.0196. The summed E-state index contributed by atoms with van der Waals surface area (Å²) in [5.41, 5.74) is 0. The Labute approximate surface area is 115 Å². The van der Waals surface area contributed by atoms with Gasteiger partial charge in [-0.15, -0.1) is 0 Å². The van der Waals surface area contributed by atoms with Crippen LogP contribution in [0.2, 0.25) is 10.2 Å². The van der Waals surface area contributed by atoms with Crippen LogP contribution in [0.5, 0.6) is 0 Å². The third-order valence-corrected chi connectivity index (χ3v) is 4.17. The van der Waals surface area contributed by atoms with Gasteiger partial charge in [0.1, 0.15) is 10.0 Å². The molecule has 1 unspecified atom stereocenters. The molecule has 6 nitrogen and oxygen atoms in total. The van der Waals surface area contributed by atoms with Crippen LogP contribution in [-0.4, -0.2) is 44.9 Å². The number of ether oxygens (including phenoxy) is 1. The highest BCUT2D eigenvalue weighted by molar-refractivity contribution is 7.89. The molecule has 0 aliphatic carbocycles. The first kappa shape index (κ1) is 15.6. The quantitative estimate of drug-likeness (QED) is 0.754. The fourth-order valence-corrected chi connectivity index (χ4v) is 2.68. The lowest BCUT2D eigenvalue weighted by atomic mass is 10.4. The van der Waals surface area contributed by atoms with E-state index in [1.807, 2.05) is 0 Å². The van der Waals surface area contributed by atoms with Gasteiger partial charge < -0.3 is 9.84 Å². The lowest BCUT2D eigenvalue weighted by molar-refractivity contribution is 0.139. The number of aliphatic hydroxyl groups is 1. The summed E-state index contributed by atoms with van der Waals surface area (Å²) in [4.78, 5) is 3.51. The Hall–Kier alpha value is -0.440. The van der Waals surface area contributed by atoms with Gasteiger partial charge in [-0.25, -0.2) is 18.1 Å². The molecular weight excluding hydrogens is 303 g/mol. The number of hydrogen-bond acceptors (Lipinski definition) is 5. The molecule has 1 heterocycles. The molecule has 0 bridgehead atoms. The number of aliphatic hydroxyl groups excluding tert-OH is 1. The van der Waals surface area contributed by atoms with Gasteiger partial charge in [-0.2, -0.15) is 0 Å². The number of pyridine rings is 1. The van der Waals surface area contributed by atoms with Gasteiger partial charge in [0.15, 0.2) is 0 Å². The summed E-state index contributed by atoms with van der Waals surface area (Å²) in [6, 6.07) is 0.440. The molecular formula is C9H12Cl2N2O4S. The average Bonchev–Trinajstić information content (AvgIpc) is 2.31. The van der Waals surface area contributed by atoms with E-state index in [4.69, 9.17) is 33.0 Å². The van der Waals surface area contributed by atoms with Gasteiger partial charge in [0.2, 0.25) is 10.0 Å². The van der Waals surface area contributed by atoms with Crippen molar-refractivity contribution in [1.82, 2.24) is 9.71 Å². The summed E-state index contributed by atoms with van der Waals surface area (Å²) in [5.74, 6) is 0. The molecule has 2 N–H and O–H groups in total.